The van der Waals surface area contributed by atoms with Crippen molar-refractivity contribution in [3.8, 4) is 0 Å². The Labute approximate surface area is 172 Å². The highest BCUT2D eigenvalue weighted by Crippen LogP contribution is 2.60. The van der Waals surface area contributed by atoms with Crippen molar-refractivity contribution in [2.45, 2.75) is 24.4 Å². The maximum absolute atomic E-state index is 11.6. The van der Waals surface area contributed by atoms with Crippen LogP contribution in [0, 0.1) is 0 Å². The SMILES string of the molecule is Nc1ncnc2c1ncn2[C@@H]1[NH2+][C@H](COP(=O)([O-])OP(=O)([O-])OP(=O)([O-])[O-])[C@@H](O)[C@H]1O. The summed E-state index contributed by atoms with van der Waals surface area (Å²) in [5.74, 6) is 0.0612. The molecule has 0 amide bonds. The largest absolute Gasteiger partial charge is 0.790 e. The van der Waals surface area contributed by atoms with Gasteiger partial charge in [0.2, 0.25) is 0 Å². The molecule has 0 bridgehead atoms. The van der Waals surface area contributed by atoms with Crippen LogP contribution in [0.4, 0.5) is 5.82 Å². The molecule has 1 aliphatic rings. The number of imidazole rings is 1. The van der Waals surface area contributed by atoms with Gasteiger partial charge in [0.25, 0.3) is 15.6 Å². The number of anilines is 1. The number of aliphatic hydroxyl groups excluding tert-OH is 2. The first kappa shape index (κ1) is 24.3. The topological polar surface area (TPSA) is 298 Å². The van der Waals surface area contributed by atoms with Crippen molar-refractivity contribution in [3.63, 3.8) is 0 Å². The summed E-state index contributed by atoms with van der Waals surface area (Å²) in [6.45, 7) is -0.911. The van der Waals surface area contributed by atoms with Gasteiger partial charge in [-0.05, 0) is 0 Å². The summed E-state index contributed by atoms with van der Waals surface area (Å²) in [4.78, 5) is 55.2. The summed E-state index contributed by atoms with van der Waals surface area (Å²) in [5, 5.41) is 21.8. The summed E-state index contributed by atoms with van der Waals surface area (Å²) in [5.41, 5.74) is 6.11. The molecular formula is C10H14N6O12P3-3. The molecule has 1 saturated heterocycles. The zero-order chi connectivity index (χ0) is 23.2. The summed E-state index contributed by atoms with van der Waals surface area (Å²) in [6.07, 6.45) is -1.61. The van der Waals surface area contributed by atoms with Gasteiger partial charge in [0, 0.05) is 0 Å². The number of hydrogen-bond donors (Lipinski definition) is 4. The van der Waals surface area contributed by atoms with Gasteiger partial charge in [-0.2, -0.15) is 0 Å². The van der Waals surface area contributed by atoms with Crippen LogP contribution in [-0.4, -0.2) is 54.6 Å². The second kappa shape index (κ2) is 8.53. The van der Waals surface area contributed by atoms with E-state index in [1.165, 1.54) is 16.2 Å². The van der Waals surface area contributed by atoms with Gasteiger partial charge in [-0.25, -0.2) is 19.3 Å². The standard InChI is InChI=1S/C10H17N6O12P3/c11-8-5-9(13-2-12-8)16(3-14-5)10-7(18)6(17)4(15-10)1-26-30(22,23)28-31(24,25)27-29(19,20)21/h2-4,6-7,10,15,17-18H,1H2,(H,22,23)(H,24,25)(H2,11,12,13)(H2,19,20,21)/p-3/t4-,6-,7-,10+/m1/s1. The third-order valence-corrected chi connectivity index (χ3v) is 7.78. The number of phosphoric ester groups is 1. The molecule has 0 radical (unpaired) electrons. The van der Waals surface area contributed by atoms with E-state index in [1.54, 1.807) is 0 Å². The summed E-state index contributed by atoms with van der Waals surface area (Å²) in [6, 6.07) is -1.17. The van der Waals surface area contributed by atoms with E-state index >= 15 is 0 Å². The lowest BCUT2D eigenvalue weighted by Crippen LogP contribution is -2.90. The first-order valence-electron chi connectivity index (χ1n) is 8.04. The number of nitrogens with zero attached hydrogens (tertiary/aromatic N) is 4. The highest BCUT2D eigenvalue weighted by Gasteiger charge is 2.47. The minimum atomic E-state index is -6.11. The van der Waals surface area contributed by atoms with Gasteiger partial charge in [0.15, 0.2) is 23.7 Å². The Morgan fingerprint density at radius 2 is 1.74 bits per heavy atom. The van der Waals surface area contributed by atoms with Crippen LogP contribution in [0.5, 0.6) is 0 Å². The Morgan fingerprint density at radius 3 is 2.39 bits per heavy atom. The first-order valence-corrected chi connectivity index (χ1v) is 12.4. The number of fused-ring (bicyclic) bond motifs is 1. The van der Waals surface area contributed by atoms with Crippen LogP contribution in [-0.2, 0) is 26.8 Å². The van der Waals surface area contributed by atoms with E-state index in [4.69, 9.17) is 5.73 Å². The number of nitrogens with two attached hydrogens (primary N) is 2. The van der Waals surface area contributed by atoms with Crippen molar-refractivity contribution in [2.75, 3.05) is 12.3 Å². The summed E-state index contributed by atoms with van der Waals surface area (Å²) >= 11 is 0. The van der Waals surface area contributed by atoms with E-state index in [9.17, 15) is 43.5 Å². The van der Waals surface area contributed by atoms with Gasteiger partial charge in [0.05, 0.1) is 7.82 Å². The molecule has 0 aromatic carbocycles. The van der Waals surface area contributed by atoms with Crippen LogP contribution < -0.4 is 30.6 Å². The number of hydrogen-bond acceptors (Lipinski definition) is 16. The minimum Gasteiger partial charge on any atom is -0.790 e. The maximum atomic E-state index is 11.6. The summed E-state index contributed by atoms with van der Waals surface area (Å²) < 4.78 is 45.3. The smallest absolute Gasteiger partial charge is 0.278 e. The number of aromatic nitrogens is 4. The Hall–Kier alpha value is -1.36. The molecule has 1 aliphatic heterocycles. The molecule has 0 aliphatic carbocycles. The van der Waals surface area contributed by atoms with Crippen molar-refractivity contribution >= 4 is 40.4 Å². The fraction of sp³-hybridized carbons (Fsp3) is 0.500. The van der Waals surface area contributed by atoms with Crippen LogP contribution in [0.25, 0.3) is 11.2 Å². The van der Waals surface area contributed by atoms with Crippen LogP contribution in [0.1, 0.15) is 6.17 Å². The molecule has 2 aromatic heterocycles. The van der Waals surface area contributed by atoms with Gasteiger partial charge >= 0.3 is 0 Å². The number of nitrogen functional groups attached to an aromatic ring is 1. The Kier molecular flexibility index (Phi) is 6.68. The highest BCUT2D eigenvalue weighted by atomic mass is 31.3. The van der Waals surface area contributed by atoms with Gasteiger partial charge in [0.1, 0.15) is 36.9 Å². The number of quaternary nitrogens is 1. The lowest BCUT2D eigenvalue weighted by atomic mass is 10.1. The van der Waals surface area contributed by atoms with Crippen LogP contribution >= 0.6 is 23.5 Å². The molecule has 2 aromatic rings. The molecule has 0 spiro atoms. The molecule has 18 nitrogen and oxygen atoms in total. The molecule has 6 atom stereocenters. The van der Waals surface area contributed by atoms with Gasteiger partial charge in [-0.3, -0.25) is 18.0 Å². The molecular weight excluding hydrogens is 489 g/mol. The fourth-order valence-electron chi connectivity index (χ4n) is 2.90. The monoisotopic (exact) mass is 503 g/mol. The second-order valence-corrected chi connectivity index (χ2v) is 10.5. The van der Waals surface area contributed by atoms with E-state index in [0.717, 1.165) is 6.33 Å². The molecule has 0 saturated carbocycles. The first-order chi connectivity index (χ1) is 14.2. The molecule has 174 valence electrons. The molecule has 31 heavy (non-hydrogen) atoms. The molecule has 6 N–H and O–H groups in total. The van der Waals surface area contributed by atoms with Gasteiger partial charge in [-0.1, -0.05) is 0 Å². The average Bonchev–Trinajstić information content (AvgIpc) is 3.13. The quantitative estimate of drug-likeness (QED) is 0.244. The molecule has 1 fully saturated rings. The predicted octanol–water partition coefficient (Wildman–Crippen LogP) is -5.61. The van der Waals surface area contributed by atoms with Crippen molar-refractivity contribution in [3.05, 3.63) is 12.7 Å². The van der Waals surface area contributed by atoms with E-state index in [-0.39, 0.29) is 17.0 Å². The molecule has 3 heterocycles. The van der Waals surface area contributed by atoms with Gasteiger partial charge < -0.3 is 49.9 Å². The summed E-state index contributed by atoms with van der Waals surface area (Å²) in [7, 11) is -18.0. The molecule has 2 unspecified atom stereocenters. The van der Waals surface area contributed by atoms with E-state index in [2.05, 4.69) is 28.1 Å². The third-order valence-electron chi connectivity index (χ3n) is 4.12. The fourth-order valence-corrected chi connectivity index (χ4v) is 5.79. The van der Waals surface area contributed by atoms with Crippen molar-refractivity contribution < 1.29 is 61.9 Å². The number of phosphoric acid groups is 3. The van der Waals surface area contributed by atoms with E-state index < -0.39 is 54.5 Å². The number of rotatable bonds is 8. The highest BCUT2D eigenvalue weighted by molar-refractivity contribution is 7.64. The Morgan fingerprint density at radius 1 is 1.06 bits per heavy atom. The number of aliphatic hydroxyl groups is 2. The lowest BCUT2D eigenvalue weighted by molar-refractivity contribution is -0.726. The Bertz CT molecular complexity index is 1110. The lowest BCUT2D eigenvalue weighted by Gasteiger charge is -2.37. The van der Waals surface area contributed by atoms with Crippen LogP contribution in [0.15, 0.2) is 12.7 Å². The molecule has 3 rings (SSSR count). The van der Waals surface area contributed by atoms with Crippen LogP contribution in [0.3, 0.4) is 0 Å². The zero-order valence-corrected chi connectivity index (χ0v) is 17.6. The van der Waals surface area contributed by atoms with Gasteiger partial charge in [-0.15, -0.1) is 0 Å². The normalized spacial score (nSPS) is 28.5. The zero-order valence-electron chi connectivity index (χ0n) is 14.9. The third kappa shape index (κ3) is 5.71. The second-order valence-electron chi connectivity index (χ2n) is 6.21. The Balaban J connectivity index is 1.69. The van der Waals surface area contributed by atoms with Crippen LogP contribution in [0.2, 0.25) is 0 Å². The predicted molar refractivity (Wildman–Crippen MR) is 87.4 cm³/mol. The minimum absolute atomic E-state index is 0.0612. The maximum Gasteiger partial charge on any atom is 0.278 e. The van der Waals surface area contributed by atoms with Crippen molar-refractivity contribution in [2.24, 2.45) is 0 Å². The average molecular weight is 503 g/mol. The van der Waals surface area contributed by atoms with Crippen molar-refractivity contribution in [1.82, 2.24) is 19.5 Å². The van der Waals surface area contributed by atoms with Crippen molar-refractivity contribution in [1.29, 1.82) is 0 Å². The van der Waals surface area contributed by atoms with E-state index in [0.29, 0.717) is 0 Å². The van der Waals surface area contributed by atoms with E-state index in [1.807, 2.05) is 0 Å². The molecule has 21 heteroatoms.